The zero-order valence-electron chi connectivity index (χ0n) is 19.8. The van der Waals surface area contributed by atoms with Crippen LogP contribution >= 0.6 is 0 Å². The van der Waals surface area contributed by atoms with E-state index in [-0.39, 0.29) is 11.8 Å². The molecule has 8 nitrogen and oxygen atoms in total. The standard InChI is InChI=1S/C25H35N5O3/c1-3-5-8-14-30(25(32)21-20-26-12-13-27-21)15-11-24(31)29-18-16-28(17-19-29)22-9-6-7-10-23(22)33-4-2/h6-7,9-10,12-13,20H,3-5,8,11,14-19H2,1-2H3. The van der Waals surface area contributed by atoms with Crippen LogP contribution in [0, 0.1) is 0 Å². The molecule has 1 aliphatic rings. The van der Waals surface area contributed by atoms with Gasteiger partial charge < -0.3 is 19.4 Å². The second-order valence-electron chi connectivity index (χ2n) is 8.11. The van der Waals surface area contributed by atoms with E-state index in [1.807, 2.05) is 30.0 Å². The van der Waals surface area contributed by atoms with Gasteiger partial charge in [0.05, 0.1) is 18.5 Å². The van der Waals surface area contributed by atoms with E-state index >= 15 is 0 Å². The fourth-order valence-corrected chi connectivity index (χ4v) is 4.02. The Hall–Kier alpha value is -3.16. The lowest BCUT2D eigenvalue weighted by Crippen LogP contribution is -2.49. The third-order valence-electron chi connectivity index (χ3n) is 5.83. The highest BCUT2D eigenvalue weighted by Gasteiger charge is 2.24. The predicted octanol–water partition coefficient (Wildman–Crippen LogP) is 3.25. The summed E-state index contributed by atoms with van der Waals surface area (Å²) in [6.45, 7) is 8.59. The van der Waals surface area contributed by atoms with E-state index in [1.54, 1.807) is 11.1 Å². The maximum atomic E-state index is 12.9. The number of aromatic nitrogens is 2. The van der Waals surface area contributed by atoms with Crippen LogP contribution in [0.2, 0.25) is 0 Å². The number of rotatable bonds is 11. The molecule has 8 heteroatoms. The van der Waals surface area contributed by atoms with Crippen LogP contribution in [0.1, 0.15) is 50.0 Å². The fraction of sp³-hybridized carbons (Fsp3) is 0.520. The number of hydrogen-bond acceptors (Lipinski definition) is 6. The molecule has 3 rings (SSSR count). The molecule has 1 aliphatic heterocycles. The Balaban J connectivity index is 1.54. The second kappa shape index (κ2) is 12.8. The number of para-hydroxylation sites is 2. The van der Waals surface area contributed by atoms with Crippen molar-refractivity contribution >= 4 is 17.5 Å². The number of carbonyl (C=O) groups is 2. The van der Waals surface area contributed by atoms with Crippen LogP contribution in [0.25, 0.3) is 0 Å². The molecule has 178 valence electrons. The van der Waals surface area contributed by atoms with Gasteiger partial charge >= 0.3 is 0 Å². The van der Waals surface area contributed by atoms with Crippen molar-refractivity contribution in [2.24, 2.45) is 0 Å². The van der Waals surface area contributed by atoms with Crippen molar-refractivity contribution in [3.8, 4) is 5.75 Å². The molecule has 0 unspecified atom stereocenters. The van der Waals surface area contributed by atoms with E-state index in [9.17, 15) is 9.59 Å². The van der Waals surface area contributed by atoms with Gasteiger partial charge in [0, 0.05) is 58.1 Å². The molecule has 33 heavy (non-hydrogen) atoms. The molecular formula is C25H35N5O3. The molecule has 0 saturated carbocycles. The number of nitrogens with zero attached hydrogens (tertiary/aromatic N) is 5. The molecule has 1 saturated heterocycles. The van der Waals surface area contributed by atoms with Gasteiger partial charge in [-0.2, -0.15) is 0 Å². The van der Waals surface area contributed by atoms with Crippen molar-refractivity contribution in [3.05, 3.63) is 48.5 Å². The quantitative estimate of drug-likeness (QED) is 0.486. The van der Waals surface area contributed by atoms with Crippen molar-refractivity contribution in [1.29, 1.82) is 0 Å². The van der Waals surface area contributed by atoms with Gasteiger partial charge in [0.2, 0.25) is 5.91 Å². The number of benzene rings is 1. The average Bonchev–Trinajstić information content (AvgIpc) is 2.87. The summed E-state index contributed by atoms with van der Waals surface area (Å²) in [5.41, 5.74) is 1.39. The van der Waals surface area contributed by atoms with Gasteiger partial charge in [0.25, 0.3) is 5.91 Å². The lowest BCUT2D eigenvalue weighted by Gasteiger charge is -2.37. The maximum Gasteiger partial charge on any atom is 0.274 e. The van der Waals surface area contributed by atoms with Gasteiger partial charge in [-0.3, -0.25) is 14.6 Å². The highest BCUT2D eigenvalue weighted by atomic mass is 16.5. The zero-order valence-corrected chi connectivity index (χ0v) is 19.8. The van der Waals surface area contributed by atoms with Crippen LogP contribution in [0.4, 0.5) is 5.69 Å². The first kappa shape index (κ1) is 24.5. The number of carbonyl (C=O) groups excluding carboxylic acids is 2. The van der Waals surface area contributed by atoms with Gasteiger partial charge in [-0.15, -0.1) is 0 Å². The average molecular weight is 454 g/mol. The summed E-state index contributed by atoms with van der Waals surface area (Å²) in [4.78, 5) is 39.9. The van der Waals surface area contributed by atoms with Crippen LogP contribution in [0.5, 0.6) is 5.75 Å². The highest BCUT2D eigenvalue weighted by Crippen LogP contribution is 2.28. The van der Waals surface area contributed by atoms with Crippen molar-refractivity contribution in [2.75, 3.05) is 50.8 Å². The molecule has 2 amide bonds. The third-order valence-corrected chi connectivity index (χ3v) is 5.83. The van der Waals surface area contributed by atoms with E-state index in [0.717, 1.165) is 43.8 Å². The van der Waals surface area contributed by atoms with Crippen molar-refractivity contribution in [3.63, 3.8) is 0 Å². The summed E-state index contributed by atoms with van der Waals surface area (Å²) in [7, 11) is 0. The first-order chi connectivity index (χ1) is 16.1. The van der Waals surface area contributed by atoms with E-state index in [4.69, 9.17) is 4.74 Å². The molecule has 1 fully saturated rings. The third kappa shape index (κ3) is 6.91. The van der Waals surface area contributed by atoms with Gasteiger partial charge in [-0.1, -0.05) is 31.9 Å². The first-order valence-corrected chi connectivity index (χ1v) is 11.9. The van der Waals surface area contributed by atoms with Gasteiger partial charge in [0.15, 0.2) is 0 Å². The molecule has 0 bridgehead atoms. The first-order valence-electron chi connectivity index (χ1n) is 11.9. The topological polar surface area (TPSA) is 78.9 Å². The molecule has 0 atom stereocenters. The van der Waals surface area contributed by atoms with E-state index < -0.39 is 0 Å². The summed E-state index contributed by atoms with van der Waals surface area (Å²) in [6, 6.07) is 8.03. The second-order valence-corrected chi connectivity index (χ2v) is 8.11. The number of amides is 2. The van der Waals surface area contributed by atoms with Crippen LogP contribution in [0.3, 0.4) is 0 Å². The Morgan fingerprint density at radius 3 is 2.52 bits per heavy atom. The SMILES string of the molecule is CCCCCN(CCC(=O)N1CCN(c2ccccc2OCC)CC1)C(=O)c1cnccn1. The van der Waals surface area contributed by atoms with Crippen LogP contribution in [-0.2, 0) is 4.79 Å². The number of ether oxygens (including phenoxy) is 1. The molecular weight excluding hydrogens is 418 g/mol. The summed E-state index contributed by atoms with van der Waals surface area (Å²) in [5.74, 6) is 0.801. The van der Waals surface area contributed by atoms with Crippen molar-refractivity contribution in [1.82, 2.24) is 19.8 Å². The van der Waals surface area contributed by atoms with Gasteiger partial charge in [-0.25, -0.2) is 4.98 Å². The molecule has 0 N–H and O–H groups in total. The summed E-state index contributed by atoms with van der Waals surface area (Å²) in [6.07, 6.45) is 7.89. The van der Waals surface area contributed by atoms with Gasteiger partial charge in [-0.05, 0) is 25.5 Å². The lowest BCUT2D eigenvalue weighted by atomic mass is 10.2. The Bertz CT molecular complexity index is 885. The zero-order chi connectivity index (χ0) is 23.5. The minimum atomic E-state index is -0.163. The molecule has 2 heterocycles. The fourth-order valence-electron chi connectivity index (χ4n) is 4.02. The monoisotopic (exact) mass is 453 g/mol. The Kier molecular flexibility index (Phi) is 9.47. The Morgan fingerprint density at radius 1 is 1.03 bits per heavy atom. The Labute approximate surface area is 196 Å². The summed E-state index contributed by atoms with van der Waals surface area (Å²) >= 11 is 0. The molecule has 0 radical (unpaired) electrons. The number of anilines is 1. The highest BCUT2D eigenvalue weighted by molar-refractivity contribution is 5.92. The van der Waals surface area contributed by atoms with Gasteiger partial charge in [0.1, 0.15) is 11.4 Å². The molecule has 1 aromatic heterocycles. The molecule has 0 aliphatic carbocycles. The Morgan fingerprint density at radius 2 is 1.82 bits per heavy atom. The van der Waals surface area contributed by atoms with Crippen LogP contribution in [0.15, 0.2) is 42.9 Å². The molecule has 1 aromatic carbocycles. The normalized spacial score (nSPS) is 13.6. The summed E-state index contributed by atoms with van der Waals surface area (Å²) < 4.78 is 5.76. The van der Waals surface area contributed by atoms with Crippen molar-refractivity contribution < 1.29 is 14.3 Å². The smallest absolute Gasteiger partial charge is 0.274 e. The van der Waals surface area contributed by atoms with Crippen LogP contribution < -0.4 is 9.64 Å². The minimum absolute atomic E-state index is 0.0835. The van der Waals surface area contributed by atoms with E-state index in [0.29, 0.717) is 44.9 Å². The summed E-state index contributed by atoms with van der Waals surface area (Å²) in [5, 5.41) is 0. The van der Waals surface area contributed by atoms with E-state index in [2.05, 4.69) is 27.9 Å². The number of piperazine rings is 1. The largest absolute Gasteiger partial charge is 0.492 e. The molecule has 2 aromatic rings. The number of unbranched alkanes of at least 4 members (excludes halogenated alkanes) is 2. The predicted molar refractivity (Wildman–Crippen MR) is 128 cm³/mol. The number of hydrogen-bond donors (Lipinski definition) is 0. The van der Waals surface area contributed by atoms with E-state index in [1.165, 1.54) is 12.4 Å². The minimum Gasteiger partial charge on any atom is -0.492 e. The lowest BCUT2D eigenvalue weighted by molar-refractivity contribution is -0.131. The molecule has 0 spiro atoms. The van der Waals surface area contributed by atoms with Crippen molar-refractivity contribution in [2.45, 2.75) is 39.5 Å². The maximum absolute atomic E-state index is 12.9. The van der Waals surface area contributed by atoms with Crippen LogP contribution in [-0.4, -0.2) is 77.5 Å².